The second-order valence-electron chi connectivity index (χ2n) is 6.95. The third kappa shape index (κ3) is 4.48. The maximum Gasteiger partial charge on any atom is 0.417 e. The first-order valence-electron chi connectivity index (χ1n) is 8.89. The minimum absolute atomic E-state index is 0.00211. The second kappa shape index (κ2) is 7.85. The van der Waals surface area contributed by atoms with Gasteiger partial charge < -0.3 is 10.2 Å². The lowest BCUT2D eigenvalue weighted by molar-refractivity contribution is -0.137. The number of carbonyl (C=O) groups excluding carboxylic acids is 1. The number of rotatable bonds is 3. The number of nitrogens with zero attached hydrogens (tertiary/aromatic N) is 4. The van der Waals surface area contributed by atoms with Crippen molar-refractivity contribution in [2.75, 3.05) is 23.3 Å². The van der Waals surface area contributed by atoms with Crippen LogP contribution in [0.15, 0.2) is 30.6 Å². The number of anilines is 2. The van der Waals surface area contributed by atoms with Crippen molar-refractivity contribution in [3.8, 4) is 6.07 Å². The summed E-state index contributed by atoms with van der Waals surface area (Å²) in [6.07, 6.45) is -3.42. The van der Waals surface area contributed by atoms with Crippen molar-refractivity contribution in [3.63, 3.8) is 0 Å². The van der Waals surface area contributed by atoms with Crippen molar-refractivity contribution >= 4 is 17.4 Å². The van der Waals surface area contributed by atoms with E-state index >= 15 is 0 Å². The zero-order chi connectivity index (χ0) is 22.1. The number of carbonyl (C=O) groups is 1. The van der Waals surface area contributed by atoms with Crippen LogP contribution >= 0.6 is 0 Å². The van der Waals surface area contributed by atoms with Crippen LogP contribution in [0, 0.1) is 17.2 Å². The molecule has 30 heavy (non-hydrogen) atoms. The first-order valence-corrected chi connectivity index (χ1v) is 8.89. The smallest absolute Gasteiger partial charge is 0.355 e. The van der Waals surface area contributed by atoms with Crippen LogP contribution in [0.25, 0.3) is 0 Å². The summed E-state index contributed by atoms with van der Waals surface area (Å²) in [4.78, 5) is 21.7. The first kappa shape index (κ1) is 21.4. The van der Waals surface area contributed by atoms with Crippen molar-refractivity contribution in [1.29, 1.82) is 5.26 Å². The number of piperidine rings is 1. The van der Waals surface area contributed by atoms with E-state index in [1.807, 2.05) is 0 Å². The SMILES string of the molecule is C[C@@H]1CN(c2ncc(C(F)(F)F)cc2C(=O)Nc2ccnc(C#N)c2)CCC1(F)F. The molecule has 1 saturated heterocycles. The van der Waals surface area contributed by atoms with Crippen LogP contribution in [0.1, 0.15) is 35.0 Å². The Hall–Kier alpha value is -3.29. The molecule has 11 heteroatoms. The molecule has 1 amide bonds. The van der Waals surface area contributed by atoms with Crippen LogP contribution in [-0.2, 0) is 6.18 Å². The molecule has 1 aliphatic heterocycles. The largest absolute Gasteiger partial charge is 0.417 e. The Bertz CT molecular complexity index is 1000. The maximum atomic E-state index is 13.8. The lowest BCUT2D eigenvalue weighted by Crippen LogP contribution is -2.46. The van der Waals surface area contributed by atoms with E-state index in [9.17, 15) is 26.7 Å². The highest BCUT2D eigenvalue weighted by molar-refractivity contribution is 6.07. The molecule has 0 aromatic carbocycles. The van der Waals surface area contributed by atoms with Crippen LogP contribution in [-0.4, -0.2) is 34.9 Å². The van der Waals surface area contributed by atoms with Crippen molar-refractivity contribution in [2.24, 2.45) is 5.92 Å². The summed E-state index contributed by atoms with van der Waals surface area (Å²) < 4.78 is 67.1. The van der Waals surface area contributed by atoms with Crippen molar-refractivity contribution < 1.29 is 26.7 Å². The molecule has 158 valence electrons. The Morgan fingerprint density at radius 3 is 2.70 bits per heavy atom. The van der Waals surface area contributed by atoms with E-state index in [2.05, 4.69) is 15.3 Å². The summed E-state index contributed by atoms with van der Waals surface area (Å²) in [6, 6.07) is 5.04. The topological polar surface area (TPSA) is 81.9 Å². The van der Waals surface area contributed by atoms with Crippen LogP contribution in [0.5, 0.6) is 0 Å². The van der Waals surface area contributed by atoms with Gasteiger partial charge in [-0.15, -0.1) is 0 Å². The molecular weight excluding hydrogens is 409 g/mol. The molecule has 0 radical (unpaired) electrons. The number of nitrogens with one attached hydrogen (secondary N) is 1. The number of hydrogen-bond donors (Lipinski definition) is 1. The fourth-order valence-electron chi connectivity index (χ4n) is 3.08. The highest BCUT2D eigenvalue weighted by Gasteiger charge is 2.42. The predicted octanol–water partition coefficient (Wildman–Crippen LogP) is 4.10. The zero-order valence-corrected chi connectivity index (χ0v) is 15.7. The summed E-state index contributed by atoms with van der Waals surface area (Å²) in [5, 5.41) is 11.3. The number of aromatic nitrogens is 2. The summed E-state index contributed by atoms with van der Waals surface area (Å²) in [7, 11) is 0. The van der Waals surface area contributed by atoms with Crippen molar-refractivity contribution in [3.05, 3.63) is 47.4 Å². The summed E-state index contributed by atoms with van der Waals surface area (Å²) >= 11 is 0. The Balaban J connectivity index is 1.97. The van der Waals surface area contributed by atoms with Gasteiger partial charge in [-0.3, -0.25) is 4.79 Å². The summed E-state index contributed by atoms with van der Waals surface area (Å²) in [5.41, 5.74) is -1.40. The fraction of sp³-hybridized carbons (Fsp3) is 0.368. The van der Waals surface area contributed by atoms with Gasteiger partial charge in [-0.05, 0) is 18.2 Å². The van der Waals surface area contributed by atoms with Crippen LogP contribution < -0.4 is 10.2 Å². The highest BCUT2D eigenvalue weighted by atomic mass is 19.4. The van der Waals surface area contributed by atoms with Gasteiger partial charge in [-0.1, -0.05) is 6.92 Å². The van der Waals surface area contributed by atoms with E-state index in [-0.39, 0.29) is 30.3 Å². The Morgan fingerprint density at radius 2 is 2.07 bits per heavy atom. The molecule has 1 aliphatic rings. The average molecular weight is 425 g/mol. The number of nitriles is 1. The normalized spacial score (nSPS) is 18.6. The average Bonchev–Trinajstić information content (AvgIpc) is 2.69. The van der Waals surface area contributed by atoms with E-state index in [0.29, 0.717) is 12.3 Å². The van der Waals surface area contributed by atoms with Gasteiger partial charge in [0.15, 0.2) is 0 Å². The zero-order valence-electron chi connectivity index (χ0n) is 15.7. The second-order valence-corrected chi connectivity index (χ2v) is 6.95. The summed E-state index contributed by atoms with van der Waals surface area (Å²) in [6.45, 7) is 1.000. The molecule has 0 aliphatic carbocycles. The highest BCUT2D eigenvalue weighted by Crippen LogP contribution is 2.37. The molecule has 0 spiro atoms. The Kier molecular flexibility index (Phi) is 5.61. The molecule has 0 saturated carbocycles. The monoisotopic (exact) mass is 425 g/mol. The molecule has 6 nitrogen and oxygen atoms in total. The Morgan fingerprint density at radius 1 is 1.33 bits per heavy atom. The minimum Gasteiger partial charge on any atom is -0.355 e. The molecule has 1 N–H and O–H groups in total. The molecule has 0 unspecified atom stereocenters. The first-order chi connectivity index (χ1) is 14.0. The van der Waals surface area contributed by atoms with Gasteiger partial charge in [0.05, 0.1) is 11.1 Å². The summed E-state index contributed by atoms with van der Waals surface area (Å²) in [5.74, 6) is -5.00. The molecule has 0 bridgehead atoms. The molecule has 1 fully saturated rings. The van der Waals surface area contributed by atoms with E-state index < -0.39 is 41.5 Å². The van der Waals surface area contributed by atoms with Crippen molar-refractivity contribution in [1.82, 2.24) is 9.97 Å². The lowest BCUT2D eigenvalue weighted by atomic mass is 9.95. The van der Waals surface area contributed by atoms with Crippen LogP contribution in [0.2, 0.25) is 0 Å². The number of alkyl halides is 5. The van der Waals surface area contributed by atoms with E-state index in [1.165, 1.54) is 30.2 Å². The molecule has 2 aromatic heterocycles. The molecule has 1 atom stereocenters. The fourth-order valence-corrected chi connectivity index (χ4v) is 3.08. The van der Waals surface area contributed by atoms with Crippen LogP contribution in [0.4, 0.5) is 33.5 Å². The van der Waals surface area contributed by atoms with E-state index in [1.54, 1.807) is 6.07 Å². The van der Waals surface area contributed by atoms with Gasteiger partial charge in [0.1, 0.15) is 17.6 Å². The predicted molar refractivity (Wildman–Crippen MR) is 97.1 cm³/mol. The van der Waals surface area contributed by atoms with Crippen molar-refractivity contribution in [2.45, 2.75) is 25.4 Å². The quantitative estimate of drug-likeness (QED) is 0.749. The molecule has 3 rings (SSSR count). The molecule has 2 aromatic rings. The Labute approximate surface area is 168 Å². The van der Waals surface area contributed by atoms with E-state index in [4.69, 9.17) is 5.26 Å². The van der Waals surface area contributed by atoms with Gasteiger partial charge in [0.2, 0.25) is 0 Å². The number of pyridine rings is 2. The number of hydrogen-bond acceptors (Lipinski definition) is 5. The standard InChI is InChI=1S/C19H16F5N5O/c1-11-10-29(5-3-18(11,20)21)16-15(6-12(9-27-16)19(22,23)24)17(30)28-13-2-4-26-14(7-13)8-25/h2,4,6-7,9,11H,3,5,10H2,1H3,(H,26,28,30)/t11-/m1/s1. The minimum atomic E-state index is -4.74. The van der Waals surface area contributed by atoms with Gasteiger partial charge in [-0.25, -0.2) is 18.7 Å². The van der Waals surface area contributed by atoms with Crippen LogP contribution in [0.3, 0.4) is 0 Å². The van der Waals surface area contributed by atoms with Gasteiger partial charge in [-0.2, -0.15) is 18.4 Å². The maximum absolute atomic E-state index is 13.8. The van der Waals surface area contributed by atoms with Gasteiger partial charge >= 0.3 is 6.18 Å². The lowest BCUT2D eigenvalue weighted by Gasteiger charge is -2.38. The molecule has 3 heterocycles. The van der Waals surface area contributed by atoms with E-state index in [0.717, 1.165) is 0 Å². The van der Waals surface area contributed by atoms with Gasteiger partial charge in [0, 0.05) is 43.5 Å². The molecular formula is C19H16F5N5O. The number of halogens is 5. The number of amides is 1. The third-order valence-corrected chi connectivity index (χ3v) is 4.80. The van der Waals surface area contributed by atoms with Gasteiger partial charge in [0.25, 0.3) is 11.8 Å². The third-order valence-electron chi connectivity index (χ3n) is 4.80.